The molecule has 150 valence electrons. The topological polar surface area (TPSA) is 35.5 Å². The highest BCUT2D eigenvalue weighted by Gasteiger charge is 2.30. The van der Waals surface area contributed by atoms with Gasteiger partial charge in [0, 0.05) is 22.6 Å². The van der Waals surface area contributed by atoms with Crippen LogP contribution >= 0.6 is 23.4 Å². The Labute approximate surface area is 174 Å². The van der Waals surface area contributed by atoms with Gasteiger partial charge in [0.1, 0.15) is 6.61 Å². The summed E-state index contributed by atoms with van der Waals surface area (Å²) in [5, 5.41) is 3.14. The fourth-order valence-corrected chi connectivity index (χ4v) is 4.73. The monoisotopic (exact) mass is 422 g/mol. The Kier molecular flexibility index (Phi) is 7.24. The Morgan fingerprint density at radius 3 is 2.89 bits per heavy atom. The van der Waals surface area contributed by atoms with Gasteiger partial charge in [0.25, 0.3) is 0 Å². The molecule has 0 saturated heterocycles. The Morgan fingerprint density at radius 2 is 2.14 bits per heavy atom. The molecule has 1 aromatic rings. The molecular weight excluding hydrogens is 399 g/mol. The van der Waals surface area contributed by atoms with Crippen molar-refractivity contribution in [1.29, 1.82) is 0 Å². The van der Waals surface area contributed by atoms with E-state index in [0.717, 1.165) is 21.7 Å². The van der Waals surface area contributed by atoms with Crippen molar-refractivity contribution in [1.82, 2.24) is 0 Å². The van der Waals surface area contributed by atoms with Crippen molar-refractivity contribution >= 4 is 29.3 Å². The number of benzene rings is 1. The number of allylic oxidation sites excluding steroid dienone is 3. The molecule has 0 radical (unpaired) electrons. The lowest BCUT2D eigenvalue weighted by Crippen LogP contribution is -2.17. The lowest BCUT2D eigenvalue weighted by molar-refractivity contribution is -0.143. The molecule has 3 rings (SSSR count). The highest BCUT2D eigenvalue weighted by Crippen LogP contribution is 2.41. The second-order valence-electron chi connectivity index (χ2n) is 6.74. The van der Waals surface area contributed by atoms with Gasteiger partial charge >= 0.3 is 5.97 Å². The van der Waals surface area contributed by atoms with Crippen molar-refractivity contribution in [3.63, 3.8) is 0 Å². The van der Waals surface area contributed by atoms with E-state index < -0.39 is 5.82 Å². The largest absolute Gasteiger partial charge is 0.486 e. The summed E-state index contributed by atoms with van der Waals surface area (Å²) in [6.07, 6.45) is 7.37. The molecule has 0 amide bonds. The van der Waals surface area contributed by atoms with E-state index >= 15 is 0 Å². The number of halogens is 2. The van der Waals surface area contributed by atoms with Crippen LogP contribution in [0.3, 0.4) is 0 Å². The van der Waals surface area contributed by atoms with Crippen molar-refractivity contribution in [2.45, 2.75) is 38.4 Å². The molecule has 1 aliphatic carbocycles. The highest BCUT2D eigenvalue weighted by molar-refractivity contribution is 8.03. The van der Waals surface area contributed by atoms with Crippen LogP contribution in [0.5, 0.6) is 5.75 Å². The second kappa shape index (κ2) is 9.66. The standard InChI is InChI=1S/C22H24ClFO3S/c1-3-15-9-14(5-8-21(25)26-4-2)10-19(24)22(15)27-12-16-13-28-20-7-6-17(23)11-18(16)20/h6-7,9-11,13,18,20H,3-5,8,12H2,1-2H3. The molecule has 0 bridgehead atoms. The second-order valence-corrected chi connectivity index (χ2v) is 8.23. The number of rotatable bonds is 8. The first-order valence-electron chi connectivity index (χ1n) is 9.51. The van der Waals surface area contributed by atoms with Crippen LogP contribution in [0.15, 0.2) is 46.4 Å². The molecule has 0 saturated carbocycles. The first kappa shape index (κ1) is 21.0. The smallest absolute Gasteiger partial charge is 0.306 e. The van der Waals surface area contributed by atoms with Crippen molar-refractivity contribution in [3.8, 4) is 5.75 Å². The van der Waals surface area contributed by atoms with Crippen LogP contribution in [-0.4, -0.2) is 24.4 Å². The van der Waals surface area contributed by atoms with Crippen LogP contribution in [0, 0.1) is 11.7 Å². The zero-order valence-corrected chi connectivity index (χ0v) is 17.6. The van der Waals surface area contributed by atoms with Crippen molar-refractivity contribution in [3.05, 3.63) is 63.3 Å². The van der Waals surface area contributed by atoms with Gasteiger partial charge in [-0.25, -0.2) is 4.39 Å². The number of carbonyl (C=O) groups is 1. The summed E-state index contributed by atoms with van der Waals surface area (Å²) >= 11 is 7.86. The zero-order valence-electron chi connectivity index (χ0n) is 16.0. The predicted molar refractivity (Wildman–Crippen MR) is 112 cm³/mol. The number of hydrogen-bond donors (Lipinski definition) is 0. The fourth-order valence-electron chi connectivity index (χ4n) is 3.37. The van der Waals surface area contributed by atoms with Gasteiger partial charge in [-0.3, -0.25) is 4.79 Å². The van der Waals surface area contributed by atoms with Gasteiger partial charge < -0.3 is 9.47 Å². The van der Waals surface area contributed by atoms with Crippen molar-refractivity contribution < 1.29 is 18.7 Å². The van der Waals surface area contributed by atoms with Crippen LogP contribution in [0.2, 0.25) is 0 Å². The average molecular weight is 423 g/mol. The summed E-state index contributed by atoms with van der Waals surface area (Å²) in [5.41, 5.74) is 2.68. The Bertz CT molecular complexity index is 831. The van der Waals surface area contributed by atoms with Gasteiger partial charge in [-0.2, -0.15) is 0 Å². The maximum Gasteiger partial charge on any atom is 0.306 e. The number of thioether (sulfide) groups is 1. The minimum atomic E-state index is -0.391. The maximum absolute atomic E-state index is 14.7. The number of hydrogen-bond acceptors (Lipinski definition) is 4. The summed E-state index contributed by atoms with van der Waals surface area (Å²) in [7, 11) is 0. The number of esters is 1. The minimum absolute atomic E-state index is 0.194. The molecule has 0 spiro atoms. The number of ether oxygens (including phenoxy) is 2. The third-order valence-electron chi connectivity index (χ3n) is 4.81. The summed E-state index contributed by atoms with van der Waals surface area (Å²) in [6.45, 7) is 4.42. The Morgan fingerprint density at radius 1 is 1.32 bits per heavy atom. The maximum atomic E-state index is 14.7. The van der Waals surface area contributed by atoms with Gasteiger partial charge in [-0.05, 0) is 54.0 Å². The highest BCUT2D eigenvalue weighted by atomic mass is 35.5. The molecule has 2 unspecified atom stereocenters. The molecule has 1 heterocycles. The molecule has 6 heteroatoms. The van der Waals surface area contributed by atoms with Crippen LogP contribution in [0.1, 0.15) is 31.4 Å². The summed E-state index contributed by atoms with van der Waals surface area (Å²) in [5.74, 6) is -0.175. The van der Waals surface area contributed by atoms with Crippen LogP contribution < -0.4 is 4.74 Å². The van der Waals surface area contributed by atoms with Crippen molar-refractivity contribution in [2.24, 2.45) is 5.92 Å². The Hall–Kier alpha value is -1.72. The van der Waals surface area contributed by atoms with Gasteiger partial charge in [0.15, 0.2) is 11.6 Å². The molecule has 0 fully saturated rings. The number of carbonyl (C=O) groups excluding carboxylic acids is 1. The minimum Gasteiger partial charge on any atom is -0.486 e. The lowest BCUT2D eigenvalue weighted by atomic mass is 9.93. The van der Waals surface area contributed by atoms with E-state index in [1.807, 2.05) is 25.1 Å². The van der Waals surface area contributed by atoms with Crippen LogP contribution in [0.25, 0.3) is 0 Å². The molecule has 0 aromatic heterocycles. The quantitative estimate of drug-likeness (QED) is 0.513. The number of aryl methyl sites for hydroxylation is 2. The predicted octanol–water partition coefficient (Wildman–Crippen LogP) is 5.57. The van der Waals surface area contributed by atoms with Crippen LogP contribution in [0.4, 0.5) is 4.39 Å². The van der Waals surface area contributed by atoms with E-state index in [-0.39, 0.29) is 24.1 Å². The summed E-state index contributed by atoms with van der Waals surface area (Å²) in [6, 6.07) is 3.37. The zero-order chi connectivity index (χ0) is 20.1. The summed E-state index contributed by atoms with van der Waals surface area (Å²) < 4.78 is 25.6. The molecule has 28 heavy (non-hydrogen) atoms. The van der Waals surface area contributed by atoms with E-state index in [2.05, 4.69) is 11.5 Å². The van der Waals surface area contributed by atoms with Gasteiger partial charge in [-0.1, -0.05) is 36.7 Å². The lowest BCUT2D eigenvalue weighted by Gasteiger charge is -2.20. The fraction of sp³-hybridized carbons (Fsp3) is 0.409. The third-order valence-corrected chi connectivity index (χ3v) is 6.27. The molecule has 0 N–H and O–H groups in total. The van der Waals surface area contributed by atoms with Gasteiger partial charge in [0.2, 0.25) is 0 Å². The molecule has 2 atom stereocenters. The van der Waals surface area contributed by atoms with Crippen molar-refractivity contribution in [2.75, 3.05) is 13.2 Å². The first-order chi connectivity index (χ1) is 13.5. The molecule has 1 aliphatic heterocycles. The van der Waals surface area contributed by atoms with E-state index in [0.29, 0.717) is 31.3 Å². The SMILES string of the molecule is CCOC(=O)CCc1cc(F)c(OCC2=CSC3C=CC(Cl)=CC23)c(CC)c1. The Balaban J connectivity index is 1.67. The average Bonchev–Trinajstić information content (AvgIpc) is 3.07. The number of fused-ring (bicyclic) bond motifs is 1. The molecule has 3 nitrogen and oxygen atoms in total. The normalized spacial score (nSPS) is 20.4. The summed E-state index contributed by atoms with van der Waals surface area (Å²) in [4.78, 5) is 11.5. The third kappa shape index (κ3) is 5.00. The van der Waals surface area contributed by atoms with E-state index in [4.69, 9.17) is 21.1 Å². The van der Waals surface area contributed by atoms with Gasteiger partial charge in [0.05, 0.1) is 6.61 Å². The van der Waals surface area contributed by atoms with Crippen LogP contribution in [-0.2, 0) is 22.4 Å². The molecular formula is C22H24ClFO3S. The van der Waals surface area contributed by atoms with E-state index in [1.54, 1.807) is 18.7 Å². The molecule has 2 aliphatic rings. The molecule has 1 aromatic carbocycles. The van der Waals surface area contributed by atoms with E-state index in [1.165, 1.54) is 6.07 Å². The van der Waals surface area contributed by atoms with Gasteiger partial charge in [-0.15, -0.1) is 11.8 Å². The first-order valence-corrected chi connectivity index (χ1v) is 10.8. The van der Waals surface area contributed by atoms with E-state index in [9.17, 15) is 9.18 Å².